The van der Waals surface area contributed by atoms with Crippen LogP contribution in [-0.4, -0.2) is 34.8 Å². The monoisotopic (exact) mass is 516 g/mol. The molecule has 4 aromatic rings. The number of nitrogens with zero attached hydrogens (tertiary/aromatic N) is 1. The molecule has 38 heavy (non-hydrogen) atoms. The SMILES string of the molecule is NC(CO)[C@@H](OCc1ccccc1)[C@H](Cc1cc(F)cc(F)c1)N(Cc1ccccc1)Cc1ccccc1. The lowest BCUT2D eigenvalue weighted by Gasteiger charge is -2.39. The number of hydrogen-bond acceptors (Lipinski definition) is 4. The lowest BCUT2D eigenvalue weighted by atomic mass is 9.93. The van der Waals surface area contributed by atoms with Crippen LogP contribution in [0.1, 0.15) is 22.3 Å². The van der Waals surface area contributed by atoms with E-state index < -0.39 is 29.8 Å². The van der Waals surface area contributed by atoms with E-state index in [9.17, 15) is 13.9 Å². The van der Waals surface area contributed by atoms with E-state index in [1.807, 2.05) is 91.0 Å². The first kappa shape index (κ1) is 27.6. The van der Waals surface area contributed by atoms with Gasteiger partial charge in [-0.3, -0.25) is 4.90 Å². The van der Waals surface area contributed by atoms with Gasteiger partial charge in [-0.1, -0.05) is 91.0 Å². The summed E-state index contributed by atoms with van der Waals surface area (Å²) < 4.78 is 34.9. The van der Waals surface area contributed by atoms with E-state index in [1.54, 1.807) is 0 Å². The molecule has 4 nitrogen and oxygen atoms in total. The van der Waals surface area contributed by atoms with E-state index in [2.05, 4.69) is 4.90 Å². The largest absolute Gasteiger partial charge is 0.395 e. The maximum atomic E-state index is 14.2. The third kappa shape index (κ3) is 8.04. The minimum atomic E-state index is -0.712. The molecule has 0 saturated carbocycles. The fourth-order valence-electron chi connectivity index (χ4n) is 4.74. The number of benzene rings is 4. The third-order valence-corrected chi connectivity index (χ3v) is 6.59. The maximum Gasteiger partial charge on any atom is 0.126 e. The second-order valence-corrected chi connectivity index (χ2v) is 9.53. The smallest absolute Gasteiger partial charge is 0.126 e. The van der Waals surface area contributed by atoms with Gasteiger partial charge in [-0.05, 0) is 40.8 Å². The number of ether oxygens (including phenoxy) is 1. The minimum absolute atomic E-state index is 0.279. The van der Waals surface area contributed by atoms with Crippen LogP contribution in [0.3, 0.4) is 0 Å². The van der Waals surface area contributed by atoms with Crippen LogP contribution in [0.5, 0.6) is 0 Å². The Morgan fingerprint density at radius 2 is 1.16 bits per heavy atom. The van der Waals surface area contributed by atoms with Crippen molar-refractivity contribution in [2.24, 2.45) is 5.73 Å². The average molecular weight is 517 g/mol. The first-order valence-electron chi connectivity index (χ1n) is 12.8. The molecule has 0 fully saturated rings. The van der Waals surface area contributed by atoms with Gasteiger partial charge >= 0.3 is 0 Å². The minimum Gasteiger partial charge on any atom is -0.395 e. The van der Waals surface area contributed by atoms with Crippen LogP contribution in [0, 0.1) is 11.6 Å². The lowest BCUT2D eigenvalue weighted by molar-refractivity contribution is -0.0509. The average Bonchev–Trinajstić information content (AvgIpc) is 2.93. The number of hydrogen-bond donors (Lipinski definition) is 2. The molecule has 0 bridgehead atoms. The van der Waals surface area contributed by atoms with Crippen molar-refractivity contribution in [1.29, 1.82) is 0 Å². The first-order valence-corrected chi connectivity index (χ1v) is 12.8. The molecule has 0 aliphatic heterocycles. The normalized spacial score (nSPS) is 13.8. The van der Waals surface area contributed by atoms with Gasteiger partial charge in [-0.25, -0.2) is 8.78 Å². The molecular weight excluding hydrogens is 482 g/mol. The molecule has 0 aliphatic rings. The molecule has 4 aromatic carbocycles. The van der Waals surface area contributed by atoms with E-state index in [-0.39, 0.29) is 19.6 Å². The lowest BCUT2D eigenvalue weighted by Crippen LogP contribution is -2.54. The standard InChI is InChI=1S/C32H34F2N2O2/c33-28-16-27(17-29(34)19-28)18-31(32(30(35)22-37)38-23-26-14-8-3-9-15-26)36(20-24-10-4-1-5-11-24)21-25-12-6-2-7-13-25/h1-17,19,30-32,37H,18,20-23,35H2/t30?,31-,32+/m0/s1. The summed E-state index contributed by atoms with van der Waals surface area (Å²) >= 11 is 0. The second-order valence-electron chi connectivity index (χ2n) is 9.53. The number of rotatable bonds is 13. The van der Waals surface area contributed by atoms with E-state index in [0.29, 0.717) is 18.7 Å². The molecular formula is C32H34F2N2O2. The van der Waals surface area contributed by atoms with Gasteiger partial charge in [-0.15, -0.1) is 0 Å². The summed E-state index contributed by atoms with van der Waals surface area (Å²) in [7, 11) is 0. The van der Waals surface area contributed by atoms with E-state index in [0.717, 1.165) is 22.8 Å². The summed E-state index contributed by atoms with van der Waals surface area (Å²) in [5, 5.41) is 10.1. The summed E-state index contributed by atoms with van der Waals surface area (Å²) in [6, 6.07) is 32.2. The van der Waals surface area contributed by atoms with Crippen LogP contribution in [0.4, 0.5) is 8.78 Å². The first-order chi connectivity index (χ1) is 18.5. The Labute approximate surface area is 223 Å². The number of aliphatic hydroxyl groups is 1. The van der Waals surface area contributed by atoms with Gasteiger partial charge in [-0.2, -0.15) is 0 Å². The number of nitrogens with two attached hydrogens (primary N) is 1. The summed E-state index contributed by atoms with van der Waals surface area (Å²) in [6.07, 6.45) is -0.347. The van der Waals surface area contributed by atoms with Crippen LogP contribution >= 0.6 is 0 Å². The maximum absolute atomic E-state index is 14.2. The second kappa shape index (κ2) is 13.9. The Bertz CT molecular complexity index is 1180. The molecule has 198 valence electrons. The highest BCUT2D eigenvalue weighted by Gasteiger charge is 2.33. The Morgan fingerprint density at radius 3 is 1.63 bits per heavy atom. The molecule has 0 saturated heterocycles. The molecule has 4 rings (SSSR count). The van der Waals surface area contributed by atoms with Gasteiger partial charge < -0.3 is 15.6 Å². The zero-order valence-corrected chi connectivity index (χ0v) is 21.3. The van der Waals surface area contributed by atoms with Crippen molar-refractivity contribution < 1.29 is 18.6 Å². The zero-order valence-electron chi connectivity index (χ0n) is 21.3. The van der Waals surface area contributed by atoms with Crippen LogP contribution < -0.4 is 5.73 Å². The molecule has 3 atom stereocenters. The van der Waals surface area contributed by atoms with Crippen molar-refractivity contribution in [2.45, 2.75) is 44.3 Å². The van der Waals surface area contributed by atoms with Gasteiger partial charge in [0.05, 0.1) is 25.4 Å². The van der Waals surface area contributed by atoms with E-state index in [4.69, 9.17) is 10.5 Å². The summed E-state index contributed by atoms with van der Waals surface area (Å²) in [5.41, 5.74) is 10.1. The Kier molecular flexibility index (Phi) is 10.1. The van der Waals surface area contributed by atoms with Crippen LogP contribution in [0.25, 0.3) is 0 Å². The predicted molar refractivity (Wildman–Crippen MR) is 146 cm³/mol. The zero-order chi connectivity index (χ0) is 26.7. The van der Waals surface area contributed by atoms with Gasteiger partial charge in [0.15, 0.2) is 0 Å². The number of halogens is 2. The highest BCUT2D eigenvalue weighted by molar-refractivity contribution is 5.22. The molecule has 0 spiro atoms. The van der Waals surface area contributed by atoms with E-state index in [1.165, 1.54) is 12.1 Å². The van der Waals surface area contributed by atoms with Gasteiger partial charge in [0, 0.05) is 25.2 Å². The Hall–Kier alpha value is -3.42. The quantitative estimate of drug-likeness (QED) is 0.247. The Morgan fingerprint density at radius 1 is 0.684 bits per heavy atom. The molecule has 0 heterocycles. The summed E-state index contributed by atoms with van der Waals surface area (Å²) in [6.45, 7) is 1.11. The van der Waals surface area contributed by atoms with Crippen LogP contribution in [0.15, 0.2) is 109 Å². The topological polar surface area (TPSA) is 58.7 Å². The fourth-order valence-corrected chi connectivity index (χ4v) is 4.74. The predicted octanol–water partition coefficient (Wildman–Crippen LogP) is 5.48. The fraction of sp³-hybridized carbons (Fsp3) is 0.250. The molecule has 0 aliphatic carbocycles. The molecule has 3 N–H and O–H groups in total. The molecule has 0 aromatic heterocycles. The van der Waals surface area contributed by atoms with Crippen molar-refractivity contribution in [3.05, 3.63) is 143 Å². The Balaban J connectivity index is 1.73. The molecule has 0 amide bonds. The van der Waals surface area contributed by atoms with Crippen molar-refractivity contribution in [3.8, 4) is 0 Å². The van der Waals surface area contributed by atoms with Crippen molar-refractivity contribution >= 4 is 0 Å². The molecule has 6 heteroatoms. The van der Waals surface area contributed by atoms with Gasteiger partial charge in [0.1, 0.15) is 11.6 Å². The third-order valence-electron chi connectivity index (χ3n) is 6.59. The highest BCUT2D eigenvalue weighted by Crippen LogP contribution is 2.24. The van der Waals surface area contributed by atoms with Crippen molar-refractivity contribution in [2.75, 3.05) is 6.61 Å². The summed E-state index contributed by atoms with van der Waals surface area (Å²) in [5.74, 6) is -1.27. The van der Waals surface area contributed by atoms with Gasteiger partial charge in [0.25, 0.3) is 0 Å². The number of aliphatic hydroxyl groups excluding tert-OH is 1. The van der Waals surface area contributed by atoms with Crippen molar-refractivity contribution in [3.63, 3.8) is 0 Å². The van der Waals surface area contributed by atoms with E-state index >= 15 is 0 Å². The van der Waals surface area contributed by atoms with Crippen LogP contribution in [0.2, 0.25) is 0 Å². The van der Waals surface area contributed by atoms with Crippen molar-refractivity contribution in [1.82, 2.24) is 4.90 Å². The summed E-state index contributed by atoms with van der Waals surface area (Å²) in [4.78, 5) is 2.22. The highest BCUT2D eigenvalue weighted by atomic mass is 19.1. The van der Waals surface area contributed by atoms with Gasteiger partial charge in [0.2, 0.25) is 0 Å². The van der Waals surface area contributed by atoms with Crippen LogP contribution in [-0.2, 0) is 30.9 Å². The molecule has 1 unspecified atom stereocenters. The molecule has 0 radical (unpaired) electrons.